The van der Waals surface area contributed by atoms with Gasteiger partial charge in [0.15, 0.2) is 0 Å². The Kier molecular flexibility index (Phi) is 5.97. The molecule has 1 atom stereocenters. The number of nitrogens with one attached hydrogen (secondary N) is 1. The Morgan fingerprint density at radius 2 is 1.91 bits per heavy atom. The summed E-state index contributed by atoms with van der Waals surface area (Å²) in [6, 6.07) is 2.49. The number of fused-ring (bicyclic) bond motifs is 1. The van der Waals surface area contributed by atoms with Gasteiger partial charge in [0.25, 0.3) is 5.91 Å². The van der Waals surface area contributed by atoms with E-state index in [0.29, 0.717) is 18.0 Å². The monoisotopic (exact) mass is 467 g/mol. The fourth-order valence-corrected chi connectivity index (χ4v) is 5.42. The Labute approximate surface area is 198 Å². The molecule has 4 heterocycles. The SMILES string of the molecule is CC(C)n1cc(CN2CCC(c3cc(F)cc4c3CN(C3CCC(=O)NC3=O)C4=O)CC2)cn1. The van der Waals surface area contributed by atoms with Crippen LogP contribution in [-0.4, -0.2) is 56.4 Å². The van der Waals surface area contributed by atoms with Gasteiger partial charge in [-0.3, -0.25) is 29.3 Å². The molecule has 34 heavy (non-hydrogen) atoms. The zero-order chi connectivity index (χ0) is 24.0. The van der Waals surface area contributed by atoms with Crippen molar-refractivity contribution in [2.75, 3.05) is 13.1 Å². The normalized spacial score (nSPS) is 21.9. The van der Waals surface area contributed by atoms with Gasteiger partial charge < -0.3 is 4.90 Å². The molecule has 3 aliphatic rings. The summed E-state index contributed by atoms with van der Waals surface area (Å²) in [7, 11) is 0. The van der Waals surface area contributed by atoms with Gasteiger partial charge in [0, 0.05) is 42.9 Å². The first-order valence-corrected chi connectivity index (χ1v) is 12.0. The molecule has 1 unspecified atom stereocenters. The van der Waals surface area contributed by atoms with Crippen molar-refractivity contribution in [3.05, 3.63) is 52.6 Å². The van der Waals surface area contributed by atoms with Gasteiger partial charge in [0.1, 0.15) is 11.9 Å². The molecule has 0 radical (unpaired) electrons. The van der Waals surface area contributed by atoms with Gasteiger partial charge in [-0.15, -0.1) is 0 Å². The number of carbonyl (C=O) groups is 3. The highest BCUT2D eigenvalue weighted by Crippen LogP contribution is 2.38. The average molecular weight is 468 g/mol. The lowest BCUT2D eigenvalue weighted by molar-refractivity contribution is -0.136. The number of piperidine rings is 2. The summed E-state index contributed by atoms with van der Waals surface area (Å²) in [5.74, 6) is -1.36. The van der Waals surface area contributed by atoms with Crippen LogP contribution in [0.15, 0.2) is 24.5 Å². The standard InChI is InChI=1S/C25H30FN5O3/c1-15(2)31-13-16(11-27-31)12-29-7-5-17(6-8-29)19-9-18(26)10-20-21(19)14-30(25(20)34)22-3-4-23(32)28-24(22)33/h9-11,13,15,17,22H,3-8,12,14H2,1-2H3,(H,28,32,33). The second-order valence-electron chi connectivity index (χ2n) is 9.89. The number of nitrogens with zero attached hydrogens (tertiary/aromatic N) is 4. The van der Waals surface area contributed by atoms with Crippen LogP contribution in [0.2, 0.25) is 0 Å². The Morgan fingerprint density at radius 3 is 2.59 bits per heavy atom. The Hall–Kier alpha value is -3.07. The molecule has 0 spiro atoms. The number of hydrogen-bond donors (Lipinski definition) is 1. The summed E-state index contributed by atoms with van der Waals surface area (Å²) in [4.78, 5) is 40.9. The molecule has 3 aliphatic heterocycles. The maximum absolute atomic E-state index is 14.6. The van der Waals surface area contributed by atoms with Crippen LogP contribution < -0.4 is 5.32 Å². The number of hydrogen-bond acceptors (Lipinski definition) is 5. The number of aromatic nitrogens is 2. The smallest absolute Gasteiger partial charge is 0.255 e. The number of benzene rings is 1. The van der Waals surface area contributed by atoms with Gasteiger partial charge in [-0.2, -0.15) is 5.10 Å². The van der Waals surface area contributed by atoms with Crippen molar-refractivity contribution in [2.24, 2.45) is 0 Å². The number of amides is 3. The minimum Gasteiger partial charge on any atom is -0.322 e. The van der Waals surface area contributed by atoms with E-state index < -0.39 is 17.8 Å². The van der Waals surface area contributed by atoms with E-state index >= 15 is 0 Å². The van der Waals surface area contributed by atoms with E-state index in [9.17, 15) is 18.8 Å². The lowest BCUT2D eigenvalue weighted by Crippen LogP contribution is -2.52. The van der Waals surface area contributed by atoms with E-state index in [1.54, 1.807) is 6.07 Å². The number of rotatable bonds is 5. The van der Waals surface area contributed by atoms with E-state index in [1.807, 2.05) is 10.9 Å². The number of carbonyl (C=O) groups excluding carboxylic acids is 3. The number of likely N-dealkylation sites (tertiary alicyclic amines) is 1. The van der Waals surface area contributed by atoms with Gasteiger partial charge in [-0.1, -0.05) is 0 Å². The predicted molar refractivity (Wildman–Crippen MR) is 122 cm³/mol. The Balaban J connectivity index is 1.29. The molecule has 180 valence electrons. The molecule has 0 aliphatic carbocycles. The zero-order valence-corrected chi connectivity index (χ0v) is 19.6. The average Bonchev–Trinajstić information content (AvgIpc) is 3.39. The van der Waals surface area contributed by atoms with Crippen molar-refractivity contribution in [1.29, 1.82) is 0 Å². The minimum absolute atomic E-state index is 0.161. The molecule has 1 aromatic heterocycles. The molecule has 0 bridgehead atoms. The quantitative estimate of drug-likeness (QED) is 0.684. The lowest BCUT2D eigenvalue weighted by atomic mass is 9.85. The molecule has 5 rings (SSSR count). The summed E-state index contributed by atoms with van der Waals surface area (Å²) in [5, 5.41) is 6.74. The highest BCUT2D eigenvalue weighted by molar-refractivity contribution is 6.05. The van der Waals surface area contributed by atoms with Crippen molar-refractivity contribution in [3.63, 3.8) is 0 Å². The molecule has 2 aromatic rings. The maximum Gasteiger partial charge on any atom is 0.255 e. The van der Waals surface area contributed by atoms with E-state index in [0.717, 1.165) is 43.6 Å². The third-order valence-electron chi connectivity index (χ3n) is 7.27. The van der Waals surface area contributed by atoms with E-state index in [2.05, 4.69) is 35.4 Å². The molecule has 8 nitrogen and oxygen atoms in total. The topological polar surface area (TPSA) is 87.5 Å². The van der Waals surface area contributed by atoms with Crippen molar-refractivity contribution in [1.82, 2.24) is 24.9 Å². The van der Waals surface area contributed by atoms with Gasteiger partial charge in [0.2, 0.25) is 11.8 Å². The van der Waals surface area contributed by atoms with Gasteiger partial charge >= 0.3 is 0 Å². The van der Waals surface area contributed by atoms with Crippen molar-refractivity contribution < 1.29 is 18.8 Å². The van der Waals surface area contributed by atoms with Crippen molar-refractivity contribution >= 4 is 17.7 Å². The molecular weight excluding hydrogens is 437 g/mol. The lowest BCUT2D eigenvalue weighted by Gasteiger charge is -2.33. The van der Waals surface area contributed by atoms with E-state index in [4.69, 9.17) is 0 Å². The van der Waals surface area contributed by atoms with E-state index in [-0.39, 0.29) is 30.7 Å². The second-order valence-corrected chi connectivity index (χ2v) is 9.89. The molecule has 2 saturated heterocycles. The first-order chi connectivity index (χ1) is 16.3. The molecule has 1 aromatic carbocycles. The minimum atomic E-state index is -0.692. The summed E-state index contributed by atoms with van der Waals surface area (Å²) in [6.45, 7) is 7.09. The fraction of sp³-hybridized carbons (Fsp3) is 0.520. The maximum atomic E-state index is 14.6. The largest absolute Gasteiger partial charge is 0.322 e. The van der Waals surface area contributed by atoms with Crippen LogP contribution in [0.5, 0.6) is 0 Å². The molecule has 2 fully saturated rings. The zero-order valence-electron chi connectivity index (χ0n) is 19.6. The van der Waals surface area contributed by atoms with Crippen LogP contribution in [0.3, 0.4) is 0 Å². The van der Waals surface area contributed by atoms with Gasteiger partial charge in [-0.25, -0.2) is 4.39 Å². The van der Waals surface area contributed by atoms with Gasteiger partial charge in [-0.05, 0) is 75.4 Å². The summed E-state index contributed by atoms with van der Waals surface area (Å²) >= 11 is 0. The predicted octanol–water partition coefficient (Wildman–Crippen LogP) is 2.74. The van der Waals surface area contributed by atoms with Crippen LogP contribution in [0.1, 0.15) is 78.5 Å². The first-order valence-electron chi connectivity index (χ1n) is 12.0. The Morgan fingerprint density at radius 1 is 1.15 bits per heavy atom. The molecule has 9 heteroatoms. The third kappa shape index (κ3) is 4.24. The Bertz CT molecular complexity index is 1140. The summed E-state index contributed by atoms with van der Waals surface area (Å²) < 4.78 is 16.5. The van der Waals surface area contributed by atoms with E-state index in [1.165, 1.54) is 16.5 Å². The molecule has 3 amide bonds. The van der Waals surface area contributed by atoms with Crippen molar-refractivity contribution in [2.45, 2.75) is 70.6 Å². The fourth-order valence-electron chi connectivity index (χ4n) is 5.42. The number of halogens is 1. The van der Waals surface area contributed by atoms with Crippen LogP contribution in [0.4, 0.5) is 4.39 Å². The van der Waals surface area contributed by atoms with Crippen molar-refractivity contribution in [3.8, 4) is 0 Å². The van der Waals surface area contributed by atoms with Crippen LogP contribution in [-0.2, 0) is 22.7 Å². The first kappa shape index (κ1) is 22.7. The van der Waals surface area contributed by atoms with Crippen LogP contribution >= 0.6 is 0 Å². The van der Waals surface area contributed by atoms with Gasteiger partial charge in [0.05, 0.1) is 6.20 Å². The van der Waals surface area contributed by atoms with Crippen LogP contribution in [0, 0.1) is 5.82 Å². The highest BCUT2D eigenvalue weighted by Gasteiger charge is 2.41. The summed E-state index contributed by atoms with van der Waals surface area (Å²) in [5.41, 5.74) is 3.24. The number of imide groups is 1. The summed E-state index contributed by atoms with van der Waals surface area (Å²) in [6.07, 6.45) is 6.26. The van der Waals surface area contributed by atoms with Crippen LogP contribution in [0.25, 0.3) is 0 Å². The highest BCUT2D eigenvalue weighted by atomic mass is 19.1. The molecule has 0 saturated carbocycles. The molecular formula is C25H30FN5O3. The third-order valence-corrected chi connectivity index (χ3v) is 7.27. The second kappa shape index (κ2) is 8.94. The molecule has 1 N–H and O–H groups in total.